The smallest absolute Gasteiger partial charge is 0.157 e. The van der Waals surface area contributed by atoms with Gasteiger partial charge in [-0.05, 0) is 19.3 Å². The molecule has 1 aliphatic heterocycles. The first kappa shape index (κ1) is 20.8. The van der Waals surface area contributed by atoms with E-state index < -0.39 is 6.29 Å². The topological polar surface area (TPSA) is 57.2 Å². The monoisotopic (exact) mass is 332 g/mol. The Balaban J connectivity index is 2.56. The number of hydrogen-bond donors (Lipinski definition) is 1. The van der Waals surface area contributed by atoms with E-state index in [-0.39, 0.29) is 18.3 Å². The van der Waals surface area contributed by atoms with Gasteiger partial charge in [0.25, 0.3) is 0 Å². The molecule has 0 amide bonds. The normalized spacial score (nSPS) is 28.2. The largest absolute Gasteiger partial charge is 0.379 e. The minimum Gasteiger partial charge on any atom is -0.379 e. The Labute approximate surface area is 141 Å². The molecule has 138 valence electrons. The summed E-state index contributed by atoms with van der Waals surface area (Å²) in [5.74, 6) is 0. The quantitative estimate of drug-likeness (QED) is 0.525. The second-order valence-corrected chi connectivity index (χ2v) is 6.25. The van der Waals surface area contributed by atoms with Crippen molar-refractivity contribution in [3.63, 3.8) is 0 Å². The van der Waals surface area contributed by atoms with E-state index in [4.69, 9.17) is 18.9 Å². The van der Waals surface area contributed by atoms with Gasteiger partial charge in [0.2, 0.25) is 0 Å². The summed E-state index contributed by atoms with van der Waals surface area (Å²) in [5.41, 5.74) is 0. The van der Waals surface area contributed by atoms with E-state index >= 15 is 0 Å². The summed E-state index contributed by atoms with van der Waals surface area (Å²) in [4.78, 5) is 0. The van der Waals surface area contributed by atoms with Crippen molar-refractivity contribution in [3.8, 4) is 0 Å². The Morgan fingerprint density at radius 2 is 1.52 bits per heavy atom. The maximum atomic E-state index is 9.99. The van der Waals surface area contributed by atoms with Gasteiger partial charge >= 0.3 is 0 Å². The van der Waals surface area contributed by atoms with E-state index in [1.165, 1.54) is 0 Å². The lowest BCUT2D eigenvalue weighted by atomic mass is 10.0. The number of rotatable bonds is 13. The van der Waals surface area contributed by atoms with E-state index in [2.05, 4.69) is 20.8 Å². The number of unbranched alkanes of at least 4 members (excludes halogenated alkanes) is 3. The van der Waals surface area contributed by atoms with Crippen LogP contribution >= 0.6 is 0 Å². The Morgan fingerprint density at radius 1 is 0.913 bits per heavy atom. The molecule has 1 heterocycles. The zero-order chi connectivity index (χ0) is 16.9. The molecule has 0 saturated carbocycles. The summed E-state index contributed by atoms with van der Waals surface area (Å²) in [6, 6.07) is 0. The molecule has 4 atom stereocenters. The second kappa shape index (κ2) is 13.1. The van der Waals surface area contributed by atoms with Gasteiger partial charge < -0.3 is 24.1 Å². The molecule has 0 radical (unpaired) electrons. The molecule has 1 rings (SSSR count). The standard InChI is InChI=1S/C18H36O5/c1-4-7-10-20-14-16-18(22-12-9-6-3)15(13-17(19)23-16)21-11-8-5-2/h15-19H,4-14H2,1-3H3/t15-,16-,17?,18+/m1/s1. The third kappa shape index (κ3) is 8.45. The van der Waals surface area contributed by atoms with Gasteiger partial charge in [-0.2, -0.15) is 0 Å². The van der Waals surface area contributed by atoms with Crippen molar-refractivity contribution in [2.75, 3.05) is 26.4 Å². The molecule has 0 spiro atoms. The summed E-state index contributed by atoms with van der Waals surface area (Å²) in [6.07, 6.45) is 5.48. The first-order chi connectivity index (χ1) is 11.2. The molecule has 5 heteroatoms. The summed E-state index contributed by atoms with van der Waals surface area (Å²) in [5, 5.41) is 9.99. The Morgan fingerprint density at radius 3 is 2.17 bits per heavy atom. The van der Waals surface area contributed by atoms with Crippen LogP contribution in [-0.2, 0) is 18.9 Å². The molecule has 1 saturated heterocycles. The molecule has 0 aliphatic carbocycles. The van der Waals surface area contributed by atoms with Crippen LogP contribution in [0.25, 0.3) is 0 Å². The molecule has 5 nitrogen and oxygen atoms in total. The molecule has 0 aromatic carbocycles. The van der Waals surface area contributed by atoms with Gasteiger partial charge in [-0.1, -0.05) is 40.0 Å². The van der Waals surface area contributed by atoms with E-state index in [9.17, 15) is 5.11 Å². The maximum Gasteiger partial charge on any atom is 0.157 e. The zero-order valence-corrected chi connectivity index (χ0v) is 15.2. The highest BCUT2D eigenvalue weighted by Gasteiger charge is 2.39. The lowest BCUT2D eigenvalue weighted by Gasteiger charge is -2.39. The summed E-state index contributed by atoms with van der Waals surface area (Å²) >= 11 is 0. The lowest BCUT2D eigenvalue weighted by molar-refractivity contribution is -0.261. The van der Waals surface area contributed by atoms with Gasteiger partial charge in [0, 0.05) is 26.2 Å². The fourth-order valence-electron chi connectivity index (χ4n) is 2.61. The van der Waals surface area contributed by atoms with Crippen molar-refractivity contribution >= 4 is 0 Å². The third-order valence-electron chi connectivity index (χ3n) is 4.06. The van der Waals surface area contributed by atoms with Crippen LogP contribution in [0.1, 0.15) is 65.7 Å². The average Bonchev–Trinajstić information content (AvgIpc) is 2.54. The molecular formula is C18H36O5. The highest BCUT2D eigenvalue weighted by molar-refractivity contribution is 4.85. The van der Waals surface area contributed by atoms with Crippen LogP contribution < -0.4 is 0 Å². The van der Waals surface area contributed by atoms with Crippen LogP contribution in [-0.4, -0.2) is 56.1 Å². The molecule has 1 unspecified atom stereocenters. The highest BCUT2D eigenvalue weighted by atomic mass is 16.6. The maximum absolute atomic E-state index is 9.99. The van der Waals surface area contributed by atoms with Crippen LogP contribution in [0.5, 0.6) is 0 Å². The fourth-order valence-corrected chi connectivity index (χ4v) is 2.61. The SMILES string of the molecule is CCCCOC[C@H]1OC(O)C[C@@H](OCCCC)[C@@H]1OCCCC. The average molecular weight is 332 g/mol. The van der Waals surface area contributed by atoms with Gasteiger partial charge in [-0.15, -0.1) is 0 Å². The van der Waals surface area contributed by atoms with E-state index in [1.54, 1.807) is 0 Å². The van der Waals surface area contributed by atoms with Crippen molar-refractivity contribution in [1.29, 1.82) is 0 Å². The Kier molecular flexibility index (Phi) is 11.9. The fraction of sp³-hybridized carbons (Fsp3) is 1.00. The first-order valence-corrected chi connectivity index (χ1v) is 9.37. The molecule has 0 aromatic rings. The van der Waals surface area contributed by atoms with Crippen LogP contribution in [0.4, 0.5) is 0 Å². The van der Waals surface area contributed by atoms with Crippen molar-refractivity contribution in [2.45, 2.75) is 90.3 Å². The number of aliphatic hydroxyl groups excluding tert-OH is 1. The minimum absolute atomic E-state index is 0.123. The minimum atomic E-state index is -0.799. The molecule has 1 N–H and O–H groups in total. The molecule has 0 aromatic heterocycles. The van der Waals surface area contributed by atoms with Gasteiger partial charge in [0.15, 0.2) is 6.29 Å². The Hall–Kier alpha value is -0.200. The summed E-state index contributed by atoms with van der Waals surface area (Å²) in [7, 11) is 0. The van der Waals surface area contributed by atoms with Gasteiger partial charge in [-0.3, -0.25) is 0 Å². The number of hydrogen-bond acceptors (Lipinski definition) is 5. The number of aliphatic hydroxyl groups is 1. The van der Waals surface area contributed by atoms with Crippen molar-refractivity contribution in [1.82, 2.24) is 0 Å². The number of ether oxygens (including phenoxy) is 4. The van der Waals surface area contributed by atoms with E-state index in [0.717, 1.165) is 45.1 Å². The van der Waals surface area contributed by atoms with Crippen LogP contribution in [0.15, 0.2) is 0 Å². The van der Waals surface area contributed by atoms with Crippen LogP contribution in [0, 0.1) is 0 Å². The van der Waals surface area contributed by atoms with Crippen molar-refractivity contribution < 1.29 is 24.1 Å². The third-order valence-corrected chi connectivity index (χ3v) is 4.06. The second-order valence-electron chi connectivity index (χ2n) is 6.25. The van der Waals surface area contributed by atoms with E-state index in [1.807, 2.05) is 0 Å². The molecule has 0 bridgehead atoms. The zero-order valence-electron chi connectivity index (χ0n) is 15.2. The predicted molar refractivity (Wildman–Crippen MR) is 90.5 cm³/mol. The summed E-state index contributed by atoms with van der Waals surface area (Å²) < 4.78 is 23.4. The lowest BCUT2D eigenvalue weighted by Crippen LogP contribution is -2.52. The van der Waals surface area contributed by atoms with Crippen LogP contribution in [0.2, 0.25) is 0 Å². The molecule has 1 aliphatic rings. The van der Waals surface area contributed by atoms with Gasteiger partial charge in [-0.25, -0.2) is 0 Å². The highest BCUT2D eigenvalue weighted by Crippen LogP contribution is 2.25. The Bertz CT molecular complexity index is 274. The first-order valence-electron chi connectivity index (χ1n) is 9.37. The molecule has 1 fully saturated rings. The van der Waals surface area contributed by atoms with Crippen molar-refractivity contribution in [2.24, 2.45) is 0 Å². The van der Waals surface area contributed by atoms with Crippen molar-refractivity contribution in [3.05, 3.63) is 0 Å². The predicted octanol–water partition coefficient (Wildman–Crippen LogP) is 3.28. The van der Waals surface area contributed by atoms with Gasteiger partial charge in [0.1, 0.15) is 12.2 Å². The van der Waals surface area contributed by atoms with Crippen LogP contribution in [0.3, 0.4) is 0 Å². The molecule has 23 heavy (non-hydrogen) atoms. The molecular weight excluding hydrogens is 296 g/mol. The van der Waals surface area contributed by atoms with E-state index in [0.29, 0.717) is 26.2 Å². The van der Waals surface area contributed by atoms with Gasteiger partial charge in [0.05, 0.1) is 12.7 Å². The summed E-state index contributed by atoms with van der Waals surface area (Å²) in [6.45, 7) is 8.98.